The van der Waals surface area contributed by atoms with Crippen molar-refractivity contribution in [2.75, 3.05) is 5.75 Å². The summed E-state index contributed by atoms with van der Waals surface area (Å²) in [6, 6.07) is 17.9. The second-order valence-electron chi connectivity index (χ2n) is 9.75. The van der Waals surface area contributed by atoms with Crippen molar-refractivity contribution in [3.63, 3.8) is 0 Å². The van der Waals surface area contributed by atoms with Crippen LogP contribution in [0.3, 0.4) is 0 Å². The third-order valence-corrected chi connectivity index (χ3v) is 9.29. The van der Waals surface area contributed by atoms with Crippen molar-refractivity contribution < 1.29 is 17.7 Å². The van der Waals surface area contributed by atoms with Crippen LogP contribution in [-0.4, -0.2) is 30.1 Å². The average Bonchev–Trinajstić information content (AvgIpc) is 3.51. The lowest BCUT2D eigenvalue weighted by Gasteiger charge is -2.16. The number of carbonyl (C=O) groups excluding carboxylic acids is 1. The third kappa shape index (κ3) is 5.28. The molecule has 1 fully saturated rings. The van der Waals surface area contributed by atoms with Crippen LogP contribution in [0, 0.1) is 6.92 Å². The Morgan fingerprint density at radius 2 is 1.55 bits per heavy atom. The van der Waals surface area contributed by atoms with Crippen molar-refractivity contribution in [3.05, 3.63) is 98.9 Å². The van der Waals surface area contributed by atoms with Crippen LogP contribution in [-0.2, 0) is 32.9 Å². The Labute approximate surface area is 231 Å². The molecule has 0 spiro atoms. The minimum atomic E-state index is -3.28. The van der Waals surface area contributed by atoms with Crippen LogP contribution < -0.4 is 0 Å². The summed E-state index contributed by atoms with van der Waals surface area (Å²) in [4.78, 5) is 17.7. The van der Waals surface area contributed by atoms with E-state index >= 15 is 0 Å². The zero-order chi connectivity index (χ0) is 27.1. The zero-order valence-electron chi connectivity index (χ0n) is 21.0. The highest BCUT2D eigenvalue weighted by Crippen LogP contribution is 2.57. The normalized spacial score (nSPS) is 14.4. The monoisotopic (exact) mass is 568 g/mol. The van der Waals surface area contributed by atoms with Crippen molar-refractivity contribution in [2.45, 2.75) is 49.8 Å². The maximum atomic E-state index is 12.8. The van der Waals surface area contributed by atoms with Crippen LogP contribution in [0.5, 0.6) is 0 Å². The number of rotatable bonds is 9. The molecule has 9 heteroatoms. The Kier molecular flexibility index (Phi) is 7.20. The SMILES string of the molecule is CCS(=O)(=O)c1ccc(CC(=O)Cc2cc(Cl)c(C3(c4nc(-c5ccc(C)cc5)no4)CC3)c(Cl)c2)cc1. The topological polar surface area (TPSA) is 90.1 Å². The number of halogens is 2. The molecule has 1 aromatic heterocycles. The van der Waals surface area contributed by atoms with E-state index < -0.39 is 15.3 Å². The standard InChI is InChI=1S/C29H26Cl2N2O4S/c1-3-38(35,36)23-10-6-19(7-11-23)14-22(34)15-20-16-24(30)26(25(31)17-20)29(12-13-29)28-32-27(33-37-28)21-8-4-18(2)5-9-21/h4-11,16-17H,3,12-15H2,1-2H3. The van der Waals surface area contributed by atoms with Gasteiger partial charge in [-0.25, -0.2) is 8.42 Å². The van der Waals surface area contributed by atoms with E-state index in [0.717, 1.165) is 35.1 Å². The predicted octanol–water partition coefficient (Wildman–Crippen LogP) is 6.58. The summed E-state index contributed by atoms with van der Waals surface area (Å²) in [6.07, 6.45) is 1.89. The molecule has 6 nitrogen and oxygen atoms in total. The highest BCUT2D eigenvalue weighted by Gasteiger charge is 2.53. The lowest BCUT2D eigenvalue weighted by Crippen LogP contribution is -2.12. The number of Topliss-reactive ketones (excluding diaryl/α,β-unsaturated/α-hetero) is 1. The fourth-order valence-corrected chi connectivity index (χ4v) is 6.40. The molecule has 3 aromatic carbocycles. The summed E-state index contributed by atoms with van der Waals surface area (Å²) in [5, 5.41) is 5.10. The zero-order valence-corrected chi connectivity index (χ0v) is 23.3. The molecule has 0 saturated heterocycles. The van der Waals surface area contributed by atoms with E-state index in [2.05, 4.69) is 10.1 Å². The summed E-state index contributed by atoms with van der Waals surface area (Å²) >= 11 is 13.5. The first kappa shape index (κ1) is 26.6. The van der Waals surface area contributed by atoms with E-state index in [1.807, 2.05) is 31.2 Å². The highest BCUT2D eigenvalue weighted by atomic mass is 35.5. The van der Waals surface area contributed by atoms with Crippen molar-refractivity contribution in [3.8, 4) is 11.4 Å². The number of aryl methyl sites for hydroxylation is 1. The van der Waals surface area contributed by atoms with Gasteiger partial charge in [-0.15, -0.1) is 0 Å². The number of ketones is 1. The van der Waals surface area contributed by atoms with Gasteiger partial charge in [0.1, 0.15) is 5.78 Å². The van der Waals surface area contributed by atoms with Crippen LogP contribution in [0.15, 0.2) is 70.1 Å². The average molecular weight is 570 g/mol. The maximum absolute atomic E-state index is 12.8. The number of carbonyl (C=O) groups is 1. The van der Waals surface area contributed by atoms with Gasteiger partial charge in [-0.1, -0.05) is 77.2 Å². The van der Waals surface area contributed by atoms with Crippen molar-refractivity contribution >= 4 is 38.8 Å². The molecular weight excluding hydrogens is 543 g/mol. The van der Waals surface area contributed by atoms with Crippen LogP contribution >= 0.6 is 23.2 Å². The van der Waals surface area contributed by atoms with Gasteiger partial charge in [0, 0.05) is 34.0 Å². The van der Waals surface area contributed by atoms with Crippen molar-refractivity contribution in [1.29, 1.82) is 0 Å². The molecule has 0 bridgehead atoms. The van der Waals surface area contributed by atoms with Crippen LogP contribution in [0.4, 0.5) is 0 Å². The predicted molar refractivity (Wildman–Crippen MR) is 148 cm³/mol. The second-order valence-corrected chi connectivity index (χ2v) is 12.8. The van der Waals surface area contributed by atoms with Gasteiger partial charge in [-0.05, 0) is 55.2 Å². The van der Waals surface area contributed by atoms with E-state index in [1.165, 1.54) is 0 Å². The minimum Gasteiger partial charge on any atom is -0.338 e. The van der Waals surface area contributed by atoms with Crippen LogP contribution in [0.1, 0.15) is 47.9 Å². The van der Waals surface area contributed by atoms with Gasteiger partial charge in [0.2, 0.25) is 11.7 Å². The highest BCUT2D eigenvalue weighted by molar-refractivity contribution is 7.91. The molecule has 0 N–H and O–H groups in total. The largest absolute Gasteiger partial charge is 0.338 e. The number of nitrogens with zero attached hydrogens (tertiary/aromatic N) is 2. The molecular formula is C29H26Cl2N2O4S. The molecule has 1 saturated carbocycles. The molecule has 1 aliphatic rings. The molecule has 5 rings (SSSR count). The molecule has 0 amide bonds. The Morgan fingerprint density at radius 3 is 2.13 bits per heavy atom. The van der Waals surface area contributed by atoms with E-state index in [-0.39, 0.29) is 29.3 Å². The number of aromatic nitrogens is 2. The van der Waals surface area contributed by atoms with E-state index in [0.29, 0.717) is 27.3 Å². The van der Waals surface area contributed by atoms with Gasteiger partial charge in [0.15, 0.2) is 9.84 Å². The summed E-state index contributed by atoms with van der Waals surface area (Å²) in [5.74, 6) is 0.997. The summed E-state index contributed by atoms with van der Waals surface area (Å²) in [7, 11) is -3.28. The Bertz CT molecular complexity index is 1580. The lowest BCUT2D eigenvalue weighted by atomic mass is 9.93. The molecule has 0 atom stereocenters. The lowest BCUT2D eigenvalue weighted by molar-refractivity contribution is -0.117. The van der Waals surface area contributed by atoms with Gasteiger partial charge in [0.25, 0.3) is 0 Å². The van der Waals surface area contributed by atoms with Crippen molar-refractivity contribution in [2.24, 2.45) is 0 Å². The first-order chi connectivity index (χ1) is 18.1. The maximum Gasteiger partial charge on any atom is 0.237 e. The molecule has 1 aliphatic carbocycles. The third-order valence-electron chi connectivity index (χ3n) is 6.94. The first-order valence-electron chi connectivity index (χ1n) is 12.3. The molecule has 196 valence electrons. The number of sulfone groups is 1. The fourth-order valence-electron chi connectivity index (χ4n) is 4.62. The van der Waals surface area contributed by atoms with E-state index in [4.69, 9.17) is 27.7 Å². The summed E-state index contributed by atoms with van der Waals surface area (Å²) < 4.78 is 29.7. The molecule has 38 heavy (non-hydrogen) atoms. The van der Waals surface area contributed by atoms with Gasteiger partial charge >= 0.3 is 0 Å². The summed E-state index contributed by atoms with van der Waals surface area (Å²) in [5.41, 5.74) is 3.68. The molecule has 1 heterocycles. The quantitative estimate of drug-likeness (QED) is 0.226. The molecule has 0 aliphatic heterocycles. The summed E-state index contributed by atoms with van der Waals surface area (Å²) in [6.45, 7) is 3.62. The van der Waals surface area contributed by atoms with Gasteiger partial charge in [0.05, 0.1) is 16.1 Å². The second kappa shape index (κ2) is 10.3. The van der Waals surface area contributed by atoms with E-state index in [1.54, 1.807) is 43.3 Å². The van der Waals surface area contributed by atoms with Crippen LogP contribution in [0.25, 0.3) is 11.4 Å². The van der Waals surface area contributed by atoms with Gasteiger partial charge in [-0.2, -0.15) is 4.98 Å². The fraction of sp³-hybridized carbons (Fsp3) is 0.276. The Balaban J connectivity index is 1.32. The number of hydrogen-bond acceptors (Lipinski definition) is 6. The smallest absolute Gasteiger partial charge is 0.237 e. The Morgan fingerprint density at radius 1 is 0.947 bits per heavy atom. The van der Waals surface area contributed by atoms with Crippen LogP contribution in [0.2, 0.25) is 10.0 Å². The molecule has 0 radical (unpaired) electrons. The first-order valence-corrected chi connectivity index (χ1v) is 14.7. The number of benzene rings is 3. The molecule has 4 aromatic rings. The van der Waals surface area contributed by atoms with Crippen molar-refractivity contribution in [1.82, 2.24) is 10.1 Å². The number of hydrogen-bond donors (Lipinski definition) is 0. The van der Waals surface area contributed by atoms with Gasteiger partial charge in [-0.3, -0.25) is 4.79 Å². The molecule has 0 unspecified atom stereocenters. The van der Waals surface area contributed by atoms with E-state index in [9.17, 15) is 13.2 Å². The Hall–Kier alpha value is -3.00. The van der Waals surface area contributed by atoms with Gasteiger partial charge < -0.3 is 4.52 Å². The minimum absolute atomic E-state index is 0.0308.